The van der Waals surface area contributed by atoms with E-state index >= 15 is 0 Å². The molecule has 2 aromatic carbocycles. The van der Waals surface area contributed by atoms with Crippen molar-refractivity contribution < 1.29 is 23.9 Å². The van der Waals surface area contributed by atoms with Crippen molar-refractivity contribution in [3.05, 3.63) is 82.9 Å². The molecule has 0 amide bonds. The van der Waals surface area contributed by atoms with Crippen LogP contribution in [0.15, 0.2) is 66.2 Å². The molecule has 0 fully saturated rings. The normalized spacial score (nSPS) is 9.67. The Morgan fingerprint density at radius 3 is 1.86 bits per heavy atom. The Hall–Kier alpha value is -1.77. The van der Waals surface area contributed by atoms with Crippen molar-refractivity contribution in [3.63, 3.8) is 0 Å². The summed E-state index contributed by atoms with van der Waals surface area (Å²) in [5.41, 5.74) is 3.97. The molecule has 0 unspecified atom stereocenters. The lowest BCUT2D eigenvalue weighted by Gasteiger charge is -2.05. The third-order valence-corrected chi connectivity index (χ3v) is 5.69. The molecule has 0 radical (unpaired) electrons. The van der Waals surface area contributed by atoms with Crippen LogP contribution in [0, 0.1) is 0 Å². The molecule has 2 rings (SSSR count). The summed E-state index contributed by atoms with van der Waals surface area (Å²) in [6.45, 7) is 7.65. The molecule has 8 heteroatoms. The van der Waals surface area contributed by atoms with Gasteiger partial charge in [-0.05, 0) is 45.2 Å². The number of ether oxygens (including phenoxy) is 2. The van der Waals surface area contributed by atoms with E-state index < -0.39 is 5.97 Å². The fourth-order valence-electron chi connectivity index (χ4n) is 2.45. The molecule has 5 nitrogen and oxygen atoms in total. The number of carbonyl (C=O) groups is 3. The van der Waals surface area contributed by atoms with E-state index in [4.69, 9.17) is 9.47 Å². The molecule has 0 aromatic heterocycles. The Morgan fingerprint density at radius 1 is 0.861 bits per heavy atom. The van der Waals surface area contributed by atoms with Crippen LogP contribution in [0.2, 0.25) is 0 Å². The molecule has 0 atom stereocenters. The Balaban J connectivity index is 0.000000673. The maximum absolute atomic E-state index is 11.8. The van der Waals surface area contributed by atoms with Gasteiger partial charge in [0.15, 0.2) is 12.4 Å². The van der Waals surface area contributed by atoms with Crippen molar-refractivity contribution in [2.75, 3.05) is 17.3 Å². The van der Waals surface area contributed by atoms with Gasteiger partial charge >= 0.3 is 11.9 Å². The third-order valence-electron chi connectivity index (χ3n) is 4.12. The van der Waals surface area contributed by atoms with E-state index in [0.29, 0.717) is 5.56 Å². The highest BCUT2D eigenvalue weighted by molar-refractivity contribution is 9.09. The highest BCUT2D eigenvalue weighted by Gasteiger charge is 2.10. The minimum absolute atomic E-state index is 0.0000463. The molecule has 0 N–H and O–H groups in total. The van der Waals surface area contributed by atoms with Gasteiger partial charge < -0.3 is 9.47 Å². The van der Waals surface area contributed by atoms with E-state index in [2.05, 4.69) is 67.7 Å². The first-order valence-electron chi connectivity index (χ1n) is 11.4. The van der Waals surface area contributed by atoms with Gasteiger partial charge in [0.2, 0.25) is 0 Å². The van der Waals surface area contributed by atoms with Crippen molar-refractivity contribution in [2.45, 2.75) is 52.0 Å². The maximum atomic E-state index is 11.8. The van der Waals surface area contributed by atoms with E-state index in [0.717, 1.165) is 28.2 Å². The molecular formula is C28H35Br3O5. The summed E-state index contributed by atoms with van der Waals surface area (Å²) in [6, 6.07) is 16.5. The molecule has 0 saturated carbocycles. The van der Waals surface area contributed by atoms with Crippen LogP contribution in [0.3, 0.4) is 0 Å². The maximum Gasteiger partial charge on any atom is 0.316 e. The molecule has 0 spiro atoms. The van der Waals surface area contributed by atoms with E-state index in [1.807, 2.05) is 44.2 Å². The first-order valence-corrected chi connectivity index (χ1v) is 14.8. The van der Waals surface area contributed by atoms with Crippen molar-refractivity contribution >= 4 is 65.5 Å². The number of hydrogen-bond donors (Lipinski definition) is 0. The molecule has 0 saturated heterocycles. The molecule has 0 aliphatic carbocycles. The Labute approximate surface area is 240 Å². The summed E-state index contributed by atoms with van der Waals surface area (Å²) in [7, 11) is 0. The van der Waals surface area contributed by atoms with Crippen molar-refractivity contribution in [1.82, 2.24) is 0 Å². The largest absolute Gasteiger partial charge is 0.462 e. The fourth-order valence-corrected chi connectivity index (χ4v) is 3.19. The van der Waals surface area contributed by atoms with E-state index in [-0.39, 0.29) is 36.2 Å². The zero-order chi connectivity index (χ0) is 27.3. The van der Waals surface area contributed by atoms with E-state index in [9.17, 15) is 14.4 Å². The number of alkyl halides is 3. The number of ketones is 1. The van der Waals surface area contributed by atoms with E-state index in [1.165, 1.54) is 5.57 Å². The highest BCUT2D eigenvalue weighted by atomic mass is 79.9. The zero-order valence-corrected chi connectivity index (χ0v) is 26.0. The van der Waals surface area contributed by atoms with Crippen LogP contribution in [-0.2, 0) is 30.8 Å². The third kappa shape index (κ3) is 18.5. The summed E-state index contributed by atoms with van der Waals surface area (Å²) >= 11 is 9.67. The topological polar surface area (TPSA) is 69.7 Å². The number of benzene rings is 2. The monoisotopic (exact) mass is 688 g/mol. The number of allylic oxidation sites excluding steroid dienone is 2. The minimum Gasteiger partial charge on any atom is -0.462 e. The minimum atomic E-state index is -0.397. The molecule has 36 heavy (non-hydrogen) atoms. The standard InChI is InChI=1S/C17H15BrO3.C6H11Br.C5H9BrO2/c18-11-14-8-6-13(7-9-14)10-17(20)21-12-16(19)15-4-2-1-3-5-15;1-6(2)4-3-5-7;1-4(2)8-5(7)3-6/h1-9H,10-12H2;4H,3,5H2,1-2H3;4H,3H2,1-2H3. The molecule has 0 bridgehead atoms. The first-order chi connectivity index (χ1) is 17.1. The predicted octanol–water partition coefficient (Wildman–Crippen LogP) is 7.62. The lowest BCUT2D eigenvalue weighted by Crippen LogP contribution is -2.15. The van der Waals surface area contributed by atoms with Crippen molar-refractivity contribution in [1.29, 1.82) is 0 Å². The average Bonchev–Trinajstić information content (AvgIpc) is 2.87. The second-order valence-corrected chi connectivity index (χ2v) is 9.92. The van der Waals surface area contributed by atoms with Crippen LogP contribution in [0.1, 0.15) is 55.6 Å². The molecule has 0 heterocycles. The summed E-state index contributed by atoms with van der Waals surface area (Å²) in [6.07, 6.45) is 3.54. The number of carbonyl (C=O) groups excluding carboxylic acids is 3. The van der Waals surface area contributed by atoms with Crippen molar-refractivity contribution in [3.8, 4) is 0 Å². The van der Waals surface area contributed by atoms with Gasteiger partial charge in [-0.15, -0.1) is 0 Å². The molecule has 198 valence electrons. The Kier molecular flexibility index (Phi) is 20.3. The van der Waals surface area contributed by atoms with Gasteiger partial charge in [-0.25, -0.2) is 0 Å². The second-order valence-electron chi connectivity index (χ2n) is 8.01. The fraction of sp³-hybridized carbons (Fsp3) is 0.393. The van der Waals surface area contributed by atoms with E-state index in [1.54, 1.807) is 24.3 Å². The van der Waals surface area contributed by atoms with Gasteiger partial charge in [0.25, 0.3) is 0 Å². The van der Waals surface area contributed by atoms with Gasteiger partial charge in [-0.2, -0.15) is 0 Å². The number of Topliss-reactive ketones (excluding diaryl/α,β-unsaturated/α-hetero) is 1. The second kappa shape index (κ2) is 21.3. The molecular weight excluding hydrogens is 656 g/mol. The van der Waals surface area contributed by atoms with Crippen LogP contribution < -0.4 is 0 Å². The lowest BCUT2D eigenvalue weighted by molar-refractivity contribution is -0.144. The summed E-state index contributed by atoms with van der Waals surface area (Å²) in [5, 5.41) is 2.15. The van der Waals surface area contributed by atoms with Crippen LogP contribution in [0.25, 0.3) is 0 Å². The lowest BCUT2D eigenvalue weighted by atomic mass is 10.1. The van der Waals surface area contributed by atoms with Crippen LogP contribution in [0.4, 0.5) is 0 Å². The van der Waals surface area contributed by atoms with Gasteiger partial charge in [0, 0.05) is 16.2 Å². The van der Waals surface area contributed by atoms with Gasteiger partial charge in [0.1, 0.15) is 5.33 Å². The number of rotatable bonds is 10. The summed E-state index contributed by atoms with van der Waals surface area (Å²) in [4.78, 5) is 33.9. The zero-order valence-electron chi connectivity index (χ0n) is 21.3. The Bertz CT molecular complexity index is 922. The quantitative estimate of drug-likeness (QED) is 0.111. The van der Waals surface area contributed by atoms with Crippen LogP contribution in [-0.4, -0.2) is 41.1 Å². The Morgan fingerprint density at radius 2 is 1.44 bits per heavy atom. The molecule has 2 aromatic rings. The molecule has 0 aliphatic heterocycles. The number of esters is 2. The summed E-state index contributed by atoms with van der Waals surface area (Å²) < 4.78 is 9.73. The summed E-state index contributed by atoms with van der Waals surface area (Å²) in [5.74, 6) is -0.801. The predicted molar refractivity (Wildman–Crippen MR) is 157 cm³/mol. The smallest absolute Gasteiger partial charge is 0.316 e. The van der Waals surface area contributed by atoms with Crippen molar-refractivity contribution in [2.24, 2.45) is 0 Å². The first kappa shape index (κ1) is 34.2. The highest BCUT2D eigenvalue weighted by Crippen LogP contribution is 2.09. The average molecular weight is 691 g/mol. The van der Waals surface area contributed by atoms with Crippen LogP contribution >= 0.6 is 47.8 Å². The SMILES string of the molecule is CC(C)=CCCBr.CC(C)OC(=O)CBr.O=C(Cc1ccc(CBr)cc1)OCC(=O)c1ccccc1. The van der Waals surface area contributed by atoms with Gasteiger partial charge in [0.05, 0.1) is 12.5 Å². The van der Waals surface area contributed by atoms with Gasteiger partial charge in [-0.3, -0.25) is 14.4 Å². The van der Waals surface area contributed by atoms with Gasteiger partial charge in [-0.1, -0.05) is 114 Å². The molecule has 0 aliphatic rings. The number of hydrogen-bond acceptors (Lipinski definition) is 5. The number of halogens is 3. The van der Waals surface area contributed by atoms with Crippen LogP contribution in [0.5, 0.6) is 0 Å².